The van der Waals surface area contributed by atoms with E-state index in [9.17, 15) is 14.4 Å². The number of nitrogens with zero attached hydrogens (tertiary/aromatic N) is 1. The maximum Gasteiger partial charge on any atom is 0.244 e. The van der Waals surface area contributed by atoms with Gasteiger partial charge >= 0.3 is 0 Å². The van der Waals surface area contributed by atoms with Gasteiger partial charge in [0.25, 0.3) is 0 Å². The van der Waals surface area contributed by atoms with E-state index in [0.717, 1.165) is 27.8 Å². The Bertz CT molecular complexity index is 1180. The molecule has 0 unspecified atom stereocenters. The standard InChI is InChI=1S/C27H22N2O3/c1-15-8-2-7-13-20(15)28-21(30)14-29-26(31)24-22-16-9-3-4-10-17(16)23(25(24)27(29)32)19-12-6-5-11-18(19)22/h2-13,22-25H,14H2,1H3,(H,28,30)/t22?,23?,24-,25-/m0/s1. The van der Waals surface area contributed by atoms with Crippen molar-refractivity contribution in [1.82, 2.24) is 4.90 Å². The Kier molecular flexibility index (Phi) is 4.09. The fourth-order valence-electron chi connectivity index (χ4n) is 5.94. The normalized spacial score (nSPS) is 24.7. The molecule has 1 fully saturated rings. The van der Waals surface area contributed by atoms with E-state index in [1.807, 2.05) is 55.5 Å². The van der Waals surface area contributed by atoms with Crippen LogP contribution in [0, 0.1) is 18.8 Å². The summed E-state index contributed by atoms with van der Waals surface area (Å²) in [5.74, 6) is -2.05. The van der Waals surface area contributed by atoms with Crippen molar-refractivity contribution in [2.45, 2.75) is 18.8 Å². The van der Waals surface area contributed by atoms with Crippen LogP contribution in [-0.2, 0) is 14.4 Å². The molecule has 3 aromatic rings. The van der Waals surface area contributed by atoms with Gasteiger partial charge in [-0.3, -0.25) is 19.3 Å². The predicted octanol–water partition coefficient (Wildman–Crippen LogP) is 3.83. The number of rotatable bonds is 3. The molecule has 5 nitrogen and oxygen atoms in total. The molecule has 0 aromatic heterocycles. The lowest BCUT2D eigenvalue weighted by Crippen LogP contribution is -2.41. The SMILES string of the molecule is Cc1ccccc1NC(=O)CN1C(=O)[C@H]2C3c4ccccc4C(c4ccccc43)[C@@H]2C1=O. The highest BCUT2D eigenvalue weighted by Gasteiger charge is 2.61. The molecule has 0 saturated carbocycles. The Morgan fingerprint density at radius 3 is 1.66 bits per heavy atom. The van der Waals surface area contributed by atoms with Gasteiger partial charge in [0.05, 0.1) is 11.8 Å². The fourth-order valence-corrected chi connectivity index (χ4v) is 5.94. The minimum Gasteiger partial charge on any atom is -0.324 e. The Labute approximate surface area is 186 Å². The van der Waals surface area contributed by atoms with E-state index in [1.54, 1.807) is 0 Å². The highest BCUT2D eigenvalue weighted by Crippen LogP contribution is 2.60. The van der Waals surface area contributed by atoms with Crippen LogP contribution in [0.25, 0.3) is 0 Å². The average Bonchev–Trinajstić information content (AvgIpc) is 3.06. The molecule has 0 radical (unpaired) electrons. The van der Waals surface area contributed by atoms with Gasteiger partial charge in [-0.05, 0) is 40.8 Å². The Balaban J connectivity index is 1.36. The summed E-state index contributed by atoms with van der Waals surface area (Å²) in [6.07, 6.45) is 0. The van der Waals surface area contributed by atoms with Gasteiger partial charge in [-0.25, -0.2) is 0 Å². The first-order chi connectivity index (χ1) is 15.6. The molecule has 5 heteroatoms. The number of benzene rings is 3. The van der Waals surface area contributed by atoms with Crippen LogP contribution in [0.5, 0.6) is 0 Å². The zero-order chi connectivity index (χ0) is 22.0. The van der Waals surface area contributed by atoms with Crippen molar-refractivity contribution in [3.8, 4) is 0 Å². The lowest BCUT2D eigenvalue weighted by atomic mass is 9.55. The third-order valence-electron chi connectivity index (χ3n) is 7.26. The van der Waals surface area contributed by atoms with Gasteiger partial charge in [0.15, 0.2) is 0 Å². The molecule has 3 aliphatic carbocycles. The summed E-state index contributed by atoms with van der Waals surface area (Å²) in [5, 5.41) is 2.85. The van der Waals surface area contributed by atoms with Crippen LogP contribution in [0.2, 0.25) is 0 Å². The minimum absolute atomic E-state index is 0.154. The molecular weight excluding hydrogens is 400 g/mol. The van der Waals surface area contributed by atoms with Crippen LogP contribution >= 0.6 is 0 Å². The average molecular weight is 422 g/mol. The Hall–Kier alpha value is -3.73. The number of aryl methyl sites for hydroxylation is 1. The smallest absolute Gasteiger partial charge is 0.244 e. The van der Waals surface area contributed by atoms with Gasteiger partial charge in [0.2, 0.25) is 17.7 Å². The Morgan fingerprint density at radius 1 is 0.750 bits per heavy atom. The fraction of sp³-hybridized carbons (Fsp3) is 0.222. The first-order valence-electron chi connectivity index (χ1n) is 10.9. The van der Waals surface area contributed by atoms with E-state index in [2.05, 4.69) is 29.6 Å². The number of hydrogen-bond donors (Lipinski definition) is 1. The van der Waals surface area contributed by atoms with E-state index in [4.69, 9.17) is 0 Å². The highest BCUT2D eigenvalue weighted by molar-refractivity contribution is 6.10. The summed E-state index contributed by atoms with van der Waals surface area (Å²) in [7, 11) is 0. The molecule has 2 atom stereocenters. The zero-order valence-electron chi connectivity index (χ0n) is 17.6. The molecule has 3 amide bonds. The van der Waals surface area contributed by atoms with Crippen LogP contribution in [0.1, 0.15) is 39.7 Å². The summed E-state index contributed by atoms with van der Waals surface area (Å²) in [6.45, 7) is 1.65. The number of carbonyl (C=O) groups is 3. The highest BCUT2D eigenvalue weighted by atomic mass is 16.2. The maximum absolute atomic E-state index is 13.5. The second-order valence-corrected chi connectivity index (χ2v) is 8.89. The number of carbonyl (C=O) groups excluding carboxylic acids is 3. The molecule has 158 valence electrons. The molecule has 7 rings (SSSR count). The van der Waals surface area contributed by atoms with Gasteiger partial charge in [-0.1, -0.05) is 66.7 Å². The summed E-state index contributed by atoms with van der Waals surface area (Å²) in [4.78, 5) is 41.0. The van der Waals surface area contributed by atoms with Gasteiger partial charge < -0.3 is 5.32 Å². The lowest BCUT2D eigenvalue weighted by Gasteiger charge is -2.45. The van der Waals surface area contributed by atoms with Gasteiger partial charge in [0, 0.05) is 17.5 Å². The van der Waals surface area contributed by atoms with Crippen molar-refractivity contribution in [2.75, 3.05) is 11.9 Å². The van der Waals surface area contributed by atoms with E-state index < -0.39 is 11.8 Å². The van der Waals surface area contributed by atoms with E-state index >= 15 is 0 Å². The number of likely N-dealkylation sites (tertiary alicyclic amines) is 1. The van der Waals surface area contributed by atoms with E-state index in [0.29, 0.717) is 5.69 Å². The van der Waals surface area contributed by atoms with Gasteiger partial charge in [-0.15, -0.1) is 0 Å². The summed E-state index contributed by atoms with van der Waals surface area (Å²) < 4.78 is 0. The second kappa shape index (κ2) is 6.89. The summed E-state index contributed by atoms with van der Waals surface area (Å²) in [6, 6.07) is 23.7. The summed E-state index contributed by atoms with van der Waals surface area (Å²) in [5.41, 5.74) is 6.13. The van der Waals surface area contributed by atoms with Crippen molar-refractivity contribution >= 4 is 23.4 Å². The molecule has 1 saturated heterocycles. The molecular formula is C27H22N2O3. The third kappa shape index (κ3) is 2.54. The second-order valence-electron chi connectivity index (χ2n) is 8.89. The number of amides is 3. The maximum atomic E-state index is 13.5. The van der Waals surface area contributed by atoms with E-state index in [1.165, 1.54) is 4.90 Å². The van der Waals surface area contributed by atoms with Crippen LogP contribution in [-0.4, -0.2) is 29.2 Å². The monoisotopic (exact) mass is 422 g/mol. The van der Waals surface area contributed by atoms with Crippen molar-refractivity contribution in [2.24, 2.45) is 11.8 Å². The molecule has 1 heterocycles. The number of nitrogens with one attached hydrogen (secondary N) is 1. The zero-order valence-corrected chi connectivity index (χ0v) is 17.6. The lowest BCUT2D eigenvalue weighted by molar-refractivity contribution is -0.142. The minimum atomic E-state index is -0.455. The number of anilines is 1. The van der Waals surface area contributed by atoms with Crippen LogP contribution in [0.4, 0.5) is 5.69 Å². The number of para-hydroxylation sites is 1. The topological polar surface area (TPSA) is 66.5 Å². The van der Waals surface area contributed by atoms with Gasteiger partial charge in [-0.2, -0.15) is 0 Å². The predicted molar refractivity (Wildman–Crippen MR) is 120 cm³/mol. The quantitative estimate of drug-likeness (QED) is 0.653. The third-order valence-corrected chi connectivity index (χ3v) is 7.26. The molecule has 0 spiro atoms. The Morgan fingerprint density at radius 2 is 1.19 bits per heavy atom. The number of imide groups is 1. The van der Waals surface area contributed by atoms with Crippen molar-refractivity contribution in [3.05, 3.63) is 101 Å². The molecule has 3 aromatic carbocycles. The van der Waals surface area contributed by atoms with Crippen LogP contribution in [0.3, 0.4) is 0 Å². The number of hydrogen-bond acceptors (Lipinski definition) is 3. The molecule has 2 bridgehead atoms. The van der Waals surface area contributed by atoms with Gasteiger partial charge in [0.1, 0.15) is 6.54 Å². The van der Waals surface area contributed by atoms with E-state index in [-0.39, 0.29) is 36.1 Å². The molecule has 32 heavy (non-hydrogen) atoms. The molecule has 1 aliphatic heterocycles. The van der Waals surface area contributed by atoms with Crippen molar-refractivity contribution < 1.29 is 14.4 Å². The van der Waals surface area contributed by atoms with Crippen LogP contribution < -0.4 is 5.32 Å². The van der Waals surface area contributed by atoms with Crippen LogP contribution in [0.15, 0.2) is 72.8 Å². The first-order valence-corrected chi connectivity index (χ1v) is 10.9. The van der Waals surface area contributed by atoms with Crippen molar-refractivity contribution in [3.63, 3.8) is 0 Å². The molecule has 4 aliphatic rings. The largest absolute Gasteiger partial charge is 0.324 e. The van der Waals surface area contributed by atoms with Crippen molar-refractivity contribution in [1.29, 1.82) is 0 Å². The first kappa shape index (κ1) is 19.0. The summed E-state index contributed by atoms with van der Waals surface area (Å²) >= 11 is 0. The molecule has 1 N–H and O–H groups in total.